The first kappa shape index (κ1) is 10.8. The fourth-order valence-corrected chi connectivity index (χ4v) is 1.66. The number of hydrogen-bond donors (Lipinski definition) is 1. The SMILES string of the molecule is [B]c1c(C)c(C)c(C(=O)O)c(C)c1C. The van der Waals surface area contributed by atoms with Crippen LogP contribution in [-0.2, 0) is 0 Å². The van der Waals surface area contributed by atoms with Gasteiger partial charge in [0.25, 0.3) is 0 Å². The van der Waals surface area contributed by atoms with Gasteiger partial charge in [-0.3, -0.25) is 0 Å². The van der Waals surface area contributed by atoms with E-state index in [2.05, 4.69) is 0 Å². The summed E-state index contributed by atoms with van der Waals surface area (Å²) in [6.45, 7) is 7.29. The summed E-state index contributed by atoms with van der Waals surface area (Å²) in [6, 6.07) is 0. The van der Waals surface area contributed by atoms with E-state index >= 15 is 0 Å². The van der Waals surface area contributed by atoms with Gasteiger partial charge in [0.2, 0.25) is 0 Å². The van der Waals surface area contributed by atoms with Crippen molar-refractivity contribution in [2.24, 2.45) is 0 Å². The first-order valence-corrected chi connectivity index (χ1v) is 4.47. The highest BCUT2D eigenvalue weighted by molar-refractivity contribution is 6.34. The molecule has 0 unspecified atom stereocenters. The fraction of sp³-hybridized carbons (Fsp3) is 0.364. The molecule has 1 aromatic rings. The first-order valence-electron chi connectivity index (χ1n) is 4.47. The van der Waals surface area contributed by atoms with E-state index in [-0.39, 0.29) is 0 Å². The van der Waals surface area contributed by atoms with E-state index in [1.165, 1.54) is 0 Å². The van der Waals surface area contributed by atoms with Gasteiger partial charge in [0.15, 0.2) is 0 Å². The van der Waals surface area contributed by atoms with Crippen LogP contribution in [0.1, 0.15) is 32.6 Å². The zero-order chi connectivity index (χ0) is 11.0. The normalized spacial score (nSPS) is 10.3. The van der Waals surface area contributed by atoms with Gasteiger partial charge in [0.05, 0.1) is 5.56 Å². The predicted molar refractivity (Wildman–Crippen MR) is 57.7 cm³/mol. The van der Waals surface area contributed by atoms with Crippen LogP contribution in [0, 0.1) is 27.7 Å². The molecule has 1 aromatic carbocycles. The molecule has 0 atom stereocenters. The molecule has 0 bridgehead atoms. The van der Waals surface area contributed by atoms with Gasteiger partial charge >= 0.3 is 5.97 Å². The lowest BCUT2D eigenvalue weighted by molar-refractivity contribution is 0.0695. The zero-order valence-corrected chi connectivity index (χ0v) is 8.93. The van der Waals surface area contributed by atoms with Crippen LogP contribution >= 0.6 is 0 Å². The average molecular weight is 188 g/mol. The van der Waals surface area contributed by atoms with E-state index in [9.17, 15) is 4.79 Å². The van der Waals surface area contributed by atoms with Crippen molar-refractivity contribution in [1.29, 1.82) is 0 Å². The van der Waals surface area contributed by atoms with Gasteiger partial charge in [0, 0.05) is 0 Å². The summed E-state index contributed by atoms with van der Waals surface area (Å²) < 4.78 is 0. The van der Waals surface area contributed by atoms with Gasteiger partial charge in [-0.05, 0) is 38.8 Å². The van der Waals surface area contributed by atoms with E-state index in [1.807, 2.05) is 13.8 Å². The molecule has 0 aliphatic rings. The highest BCUT2D eigenvalue weighted by Gasteiger charge is 2.16. The molecule has 1 N–H and O–H groups in total. The Morgan fingerprint density at radius 1 is 1.00 bits per heavy atom. The molecule has 0 aromatic heterocycles. The Balaban J connectivity index is 3.68. The summed E-state index contributed by atoms with van der Waals surface area (Å²) in [5, 5.41) is 9.05. The van der Waals surface area contributed by atoms with Crippen LogP contribution in [0.5, 0.6) is 0 Å². The van der Waals surface area contributed by atoms with Crippen molar-refractivity contribution in [2.45, 2.75) is 27.7 Å². The lowest BCUT2D eigenvalue weighted by Gasteiger charge is -2.16. The Morgan fingerprint density at radius 3 is 1.64 bits per heavy atom. The van der Waals surface area contributed by atoms with Crippen molar-refractivity contribution in [3.8, 4) is 0 Å². The van der Waals surface area contributed by atoms with Crippen molar-refractivity contribution in [3.05, 3.63) is 27.8 Å². The maximum absolute atomic E-state index is 11.0. The summed E-state index contributed by atoms with van der Waals surface area (Å²) in [7, 11) is 5.86. The van der Waals surface area contributed by atoms with E-state index < -0.39 is 5.97 Å². The summed E-state index contributed by atoms with van der Waals surface area (Å²) in [5.41, 5.74) is 4.34. The minimum absolute atomic E-state index is 0.384. The number of rotatable bonds is 1. The second-order valence-corrected chi connectivity index (χ2v) is 3.59. The van der Waals surface area contributed by atoms with Crippen LogP contribution in [0.25, 0.3) is 0 Å². The van der Waals surface area contributed by atoms with Gasteiger partial charge in [-0.2, -0.15) is 0 Å². The molecule has 0 spiro atoms. The van der Waals surface area contributed by atoms with Crippen LogP contribution in [0.3, 0.4) is 0 Å². The van der Waals surface area contributed by atoms with Gasteiger partial charge in [-0.15, -0.1) is 0 Å². The highest BCUT2D eigenvalue weighted by Crippen LogP contribution is 2.19. The number of carbonyl (C=O) groups is 1. The number of carboxylic acid groups (broad SMARTS) is 1. The largest absolute Gasteiger partial charge is 0.478 e. The Kier molecular flexibility index (Phi) is 2.70. The monoisotopic (exact) mass is 188 g/mol. The van der Waals surface area contributed by atoms with E-state index in [0.29, 0.717) is 11.0 Å². The number of carboxylic acids is 1. The fourth-order valence-electron chi connectivity index (χ4n) is 1.66. The van der Waals surface area contributed by atoms with Crippen LogP contribution in [0.15, 0.2) is 0 Å². The smallest absolute Gasteiger partial charge is 0.336 e. The minimum atomic E-state index is -0.883. The molecule has 2 radical (unpaired) electrons. The second kappa shape index (κ2) is 3.48. The van der Waals surface area contributed by atoms with Crippen LogP contribution in [-0.4, -0.2) is 18.9 Å². The average Bonchev–Trinajstić information content (AvgIpc) is 2.11. The van der Waals surface area contributed by atoms with E-state index in [4.69, 9.17) is 13.0 Å². The molecule has 0 saturated heterocycles. The van der Waals surface area contributed by atoms with E-state index in [1.54, 1.807) is 13.8 Å². The first-order chi connectivity index (χ1) is 6.37. The van der Waals surface area contributed by atoms with Crippen molar-refractivity contribution < 1.29 is 9.90 Å². The molecule has 2 nitrogen and oxygen atoms in total. The number of benzene rings is 1. The molecule has 1 rings (SSSR count). The molecule has 0 heterocycles. The Morgan fingerprint density at radius 2 is 1.36 bits per heavy atom. The van der Waals surface area contributed by atoms with Crippen LogP contribution < -0.4 is 5.46 Å². The molecule has 3 heteroatoms. The standard InChI is InChI=1S/C11H13BO2/c1-5-7(3)10(12)8(4)6(2)9(5)11(13)14/h1-4H3,(H,13,14). The zero-order valence-electron chi connectivity index (χ0n) is 8.93. The summed E-state index contributed by atoms with van der Waals surface area (Å²) in [6.07, 6.45) is 0. The maximum atomic E-state index is 11.0. The Labute approximate surface area is 85.4 Å². The minimum Gasteiger partial charge on any atom is -0.478 e. The summed E-state index contributed by atoms with van der Waals surface area (Å²) in [5.74, 6) is -0.883. The van der Waals surface area contributed by atoms with Crippen molar-refractivity contribution in [3.63, 3.8) is 0 Å². The van der Waals surface area contributed by atoms with Gasteiger partial charge in [0.1, 0.15) is 7.85 Å². The molecule has 14 heavy (non-hydrogen) atoms. The Hall–Kier alpha value is -1.25. The molecular weight excluding hydrogens is 175 g/mol. The van der Waals surface area contributed by atoms with Crippen molar-refractivity contribution in [2.75, 3.05) is 0 Å². The predicted octanol–water partition coefficient (Wildman–Crippen LogP) is 1.41. The lowest BCUT2D eigenvalue weighted by Crippen LogP contribution is -2.19. The van der Waals surface area contributed by atoms with Gasteiger partial charge < -0.3 is 5.11 Å². The molecule has 72 valence electrons. The molecule has 0 fully saturated rings. The molecule has 0 aliphatic carbocycles. The van der Waals surface area contributed by atoms with Crippen LogP contribution in [0.4, 0.5) is 0 Å². The topological polar surface area (TPSA) is 37.3 Å². The van der Waals surface area contributed by atoms with E-state index in [0.717, 1.165) is 22.3 Å². The third kappa shape index (κ3) is 1.43. The molecule has 0 saturated carbocycles. The van der Waals surface area contributed by atoms with Gasteiger partial charge in [-0.25, -0.2) is 4.79 Å². The Bertz CT molecular complexity index is 379. The molecule has 0 aliphatic heterocycles. The summed E-state index contributed by atoms with van der Waals surface area (Å²) in [4.78, 5) is 11.0. The van der Waals surface area contributed by atoms with Crippen molar-refractivity contribution >= 4 is 19.3 Å². The molecule has 0 amide bonds. The lowest BCUT2D eigenvalue weighted by atomic mass is 9.80. The summed E-state index contributed by atoms with van der Waals surface area (Å²) >= 11 is 0. The third-order valence-electron chi connectivity index (χ3n) is 2.90. The maximum Gasteiger partial charge on any atom is 0.336 e. The molecular formula is C11H13BO2. The van der Waals surface area contributed by atoms with Crippen LogP contribution in [0.2, 0.25) is 0 Å². The third-order valence-corrected chi connectivity index (χ3v) is 2.90. The van der Waals surface area contributed by atoms with Crippen molar-refractivity contribution in [1.82, 2.24) is 0 Å². The number of hydrogen-bond acceptors (Lipinski definition) is 1. The number of aromatic carboxylic acids is 1. The van der Waals surface area contributed by atoms with Gasteiger partial charge in [-0.1, -0.05) is 16.6 Å². The quantitative estimate of drug-likeness (QED) is 0.676. The highest BCUT2D eigenvalue weighted by atomic mass is 16.4. The second-order valence-electron chi connectivity index (χ2n) is 3.59.